The van der Waals surface area contributed by atoms with Gasteiger partial charge in [-0.15, -0.1) is 0 Å². The van der Waals surface area contributed by atoms with Crippen LogP contribution in [-0.2, 0) is 6.54 Å². The number of methoxy groups -OCH3 is 1. The highest BCUT2D eigenvalue weighted by molar-refractivity contribution is 5.67. The summed E-state index contributed by atoms with van der Waals surface area (Å²) in [4.78, 5) is 2.46. The lowest BCUT2D eigenvalue weighted by Gasteiger charge is -2.27. The van der Waals surface area contributed by atoms with E-state index in [0.717, 1.165) is 66.7 Å². The Bertz CT molecular complexity index is 1110. The van der Waals surface area contributed by atoms with Crippen LogP contribution in [0.2, 0.25) is 0 Å². The van der Waals surface area contributed by atoms with Gasteiger partial charge in [0.15, 0.2) is 5.76 Å². The molecule has 6 nitrogen and oxygen atoms in total. The first-order valence-electron chi connectivity index (χ1n) is 10.6. The molecule has 31 heavy (non-hydrogen) atoms. The van der Waals surface area contributed by atoms with Crippen molar-refractivity contribution in [3.05, 3.63) is 78.7 Å². The van der Waals surface area contributed by atoms with Crippen molar-refractivity contribution in [1.29, 1.82) is 0 Å². The first-order valence-corrected chi connectivity index (χ1v) is 10.6. The Morgan fingerprint density at radius 2 is 1.68 bits per heavy atom. The van der Waals surface area contributed by atoms with E-state index in [4.69, 9.17) is 14.3 Å². The second-order valence-electron chi connectivity index (χ2n) is 7.71. The predicted octanol–water partition coefficient (Wildman–Crippen LogP) is 4.21. The SMILES string of the molecule is COc1ccc(-c2ccc(-n3ncc(CN4CCNCC4)c3-c3ccco3)cc2)cc1. The minimum absolute atomic E-state index is 0.835. The van der Waals surface area contributed by atoms with Crippen molar-refractivity contribution >= 4 is 0 Å². The molecule has 0 radical (unpaired) electrons. The number of furan rings is 1. The molecule has 158 valence electrons. The number of hydrogen-bond acceptors (Lipinski definition) is 5. The molecular formula is C25H26N4O2. The number of piperazine rings is 1. The third kappa shape index (κ3) is 4.13. The van der Waals surface area contributed by atoms with Crippen LogP contribution in [0.15, 0.2) is 77.5 Å². The minimum atomic E-state index is 0.835. The van der Waals surface area contributed by atoms with E-state index in [2.05, 4.69) is 46.6 Å². The van der Waals surface area contributed by atoms with Gasteiger partial charge in [-0.05, 0) is 47.5 Å². The van der Waals surface area contributed by atoms with Crippen LogP contribution in [0, 0.1) is 0 Å². The monoisotopic (exact) mass is 414 g/mol. The fourth-order valence-corrected chi connectivity index (χ4v) is 4.06. The number of benzene rings is 2. The van der Waals surface area contributed by atoms with Crippen molar-refractivity contribution in [3.63, 3.8) is 0 Å². The summed E-state index contributed by atoms with van der Waals surface area (Å²) in [5.41, 5.74) is 5.50. The van der Waals surface area contributed by atoms with Gasteiger partial charge in [-0.25, -0.2) is 4.68 Å². The lowest BCUT2D eigenvalue weighted by molar-refractivity contribution is 0.233. The summed E-state index contributed by atoms with van der Waals surface area (Å²) >= 11 is 0. The van der Waals surface area contributed by atoms with Gasteiger partial charge in [0.2, 0.25) is 0 Å². The maximum atomic E-state index is 5.78. The van der Waals surface area contributed by atoms with E-state index >= 15 is 0 Å². The Kier molecular flexibility index (Phi) is 5.56. The van der Waals surface area contributed by atoms with Crippen LogP contribution in [0.4, 0.5) is 0 Å². The summed E-state index contributed by atoms with van der Waals surface area (Å²) in [6, 6.07) is 20.5. The molecule has 5 rings (SSSR count). The Morgan fingerprint density at radius 3 is 2.32 bits per heavy atom. The summed E-state index contributed by atoms with van der Waals surface area (Å²) in [5, 5.41) is 8.14. The fourth-order valence-electron chi connectivity index (χ4n) is 4.06. The molecule has 1 fully saturated rings. The average Bonchev–Trinajstić information content (AvgIpc) is 3.50. The normalized spacial score (nSPS) is 14.6. The number of nitrogens with one attached hydrogen (secondary N) is 1. The van der Waals surface area contributed by atoms with Crippen LogP contribution in [0.3, 0.4) is 0 Å². The predicted molar refractivity (Wildman–Crippen MR) is 121 cm³/mol. The molecule has 1 aliphatic heterocycles. The van der Waals surface area contributed by atoms with Crippen LogP contribution < -0.4 is 10.1 Å². The minimum Gasteiger partial charge on any atom is -0.497 e. The van der Waals surface area contributed by atoms with Crippen LogP contribution in [0.5, 0.6) is 5.75 Å². The highest BCUT2D eigenvalue weighted by Crippen LogP contribution is 2.30. The Labute approximate surface area is 182 Å². The van der Waals surface area contributed by atoms with Gasteiger partial charge in [0.25, 0.3) is 0 Å². The molecule has 0 unspecified atom stereocenters. The van der Waals surface area contributed by atoms with E-state index in [-0.39, 0.29) is 0 Å². The van der Waals surface area contributed by atoms with E-state index in [1.165, 1.54) is 5.56 Å². The van der Waals surface area contributed by atoms with Gasteiger partial charge in [-0.1, -0.05) is 24.3 Å². The lowest BCUT2D eigenvalue weighted by Crippen LogP contribution is -2.42. The molecule has 6 heteroatoms. The number of hydrogen-bond donors (Lipinski definition) is 1. The average molecular weight is 415 g/mol. The summed E-state index contributed by atoms with van der Waals surface area (Å²) in [6.45, 7) is 4.99. The van der Waals surface area contributed by atoms with Crippen molar-refractivity contribution in [1.82, 2.24) is 20.0 Å². The van der Waals surface area contributed by atoms with Gasteiger partial charge in [0, 0.05) is 38.3 Å². The lowest BCUT2D eigenvalue weighted by atomic mass is 10.1. The molecule has 0 bridgehead atoms. The Balaban J connectivity index is 1.46. The zero-order valence-corrected chi connectivity index (χ0v) is 17.6. The van der Waals surface area contributed by atoms with Crippen molar-refractivity contribution < 1.29 is 9.15 Å². The van der Waals surface area contributed by atoms with Gasteiger partial charge in [-0.3, -0.25) is 4.90 Å². The summed E-state index contributed by atoms with van der Waals surface area (Å²) < 4.78 is 13.0. The quantitative estimate of drug-likeness (QED) is 0.512. The van der Waals surface area contributed by atoms with Crippen LogP contribution in [-0.4, -0.2) is 48.0 Å². The molecule has 0 atom stereocenters. The van der Waals surface area contributed by atoms with Gasteiger partial charge in [0.1, 0.15) is 11.4 Å². The zero-order valence-electron chi connectivity index (χ0n) is 17.6. The maximum Gasteiger partial charge on any atom is 0.152 e. The first-order chi connectivity index (χ1) is 15.3. The van der Waals surface area contributed by atoms with Gasteiger partial charge in [0.05, 0.1) is 25.3 Å². The molecule has 0 aliphatic carbocycles. The number of nitrogens with zero attached hydrogens (tertiary/aromatic N) is 3. The molecule has 2 aromatic carbocycles. The van der Waals surface area contributed by atoms with E-state index in [0.29, 0.717) is 0 Å². The van der Waals surface area contributed by atoms with Crippen molar-refractivity contribution in [3.8, 4) is 34.0 Å². The third-order valence-electron chi connectivity index (χ3n) is 5.74. The maximum absolute atomic E-state index is 5.78. The van der Waals surface area contributed by atoms with Crippen LogP contribution in [0.1, 0.15) is 5.56 Å². The topological polar surface area (TPSA) is 55.5 Å². The molecule has 1 N–H and O–H groups in total. The standard InChI is InChI=1S/C25H26N4O2/c1-30-23-10-6-20(7-11-23)19-4-8-22(9-5-19)29-25(24-3-2-16-31-24)21(17-27-29)18-28-14-12-26-13-15-28/h2-11,16-17,26H,12-15,18H2,1H3. The summed E-state index contributed by atoms with van der Waals surface area (Å²) in [6.07, 6.45) is 3.69. The number of ether oxygens (including phenoxy) is 1. The van der Waals surface area contributed by atoms with Crippen LogP contribution >= 0.6 is 0 Å². The van der Waals surface area contributed by atoms with E-state index in [9.17, 15) is 0 Å². The smallest absolute Gasteiger partial charge is 0.152 e. The molecule has 1 saturated heterocycles. The van der Waals surface area contributed by atoms with E-state index in [1.807, 2.05) is 35.1 Å². The second-order valence-corrected chi connectivity index (χ2v) is 7.71. The Hall–Kier alpha value is -3.35. The van der Waals surface area contributed by atoms with Crippen molar-refractivity contribution in [2.75, 3.05) is 33.3 Å². The number of aromatic nitrogens is 2. The molecular weight excluding hydrogens is 388 g/mol. The molecule has 3 heterocycles. The van der Waals surface area contributed by atoms with Gasteiger partial charge >= 0.3 is 0 Å². The van der Waals surface area contributed by atoms with E-state index < -0.39 is 0 Å². The number of rotatable bonds is 6. The van der Waals surface area contributed by atoms with Crippen LogP contribution in [0.25, 0.3) is 28.3 Å². The molecule has 0 amide bonds. The highest BCUT2D eigenvalue weighted by atomic mass is 16.5. The van der Waals surface area contributed by atoms with Gasteiger partial charge < -0.3 is 14.5 Å². The molecule has 0 spiro atoms. The first kappa shape index (κ1) is 19.6. The molecule has 0 saturated carbocycles. The van der Waals surface area contributed by atoms with E-state index in [1.54, 1.807) is 13.4 Å². The molecule has 4 aromatic rings. The summed E-state index contributed by atoms with van der Waals surface area (Å²) in [5.74, 6) is 1.69. The fraction of sp³-hybridized carbons (Fsp3) is 0.240. The summed E-state index contributed by atoms with van der Waals surface area (Å²) in [7, 11) is 1.68. The van der Waals surface area contributed by atoms with Gasteiger partial charge in [-0.2, -0.15) is 5.10 Å². The zero-order chi connectivity index (χ0) is 21.0. The highest BCUT2D eigenvalue weighted by Gasteiger charge is 2.20. The van der Waals surface area contributed by atoms with Crippen molar-refractivity contribution in [2.24, 2.45) is 0 Å². The van der Waals surface area contributed by atoms with Crippen molar-refractivity contribution in [2.45, 2.75) is 6.54 Å². The second kappa shape index (κ2) is 8.79. The molecule has 1 aliphatic rings. The molecule has 2 aromatic heterocycles. The largest absolute Gasteiger partial charge is 0.497 e. The Morgan fingerprint density at radius 1 is 0.968 bits per heavy atom. The third-order valence-corrected chi connectivity index (χ3v) is 5.74.